The van der Waals surface area contributed by atoms with Crippen molar-refractivity contribution in [2.24, 2.45) is 0 Å². The zero-order chi connectivity index (χ0) is 23.4. The quantitative estimate of drug-likeness (QED) is 0.277. The number of aryl methyl sites for hydroxylation is 3. The second-order valence-electron chi connectivity index (χ2n) is 8.24. The molecule has 0 aliphatic carbocycles. The average Bonchev–Trinajstić information content (AvgIpc) is 3.28. The van der Waals surface area contributed by atoms with Gasteiger partial charge in [-0.25, -0.2) is 4.98 Å². The van der Waals surface area contributed by atoms with E-state index in [1.807, 2.05) is 68.6 Å². The molecule has 1 amide bonds. The van der Waals surface area contributed by atoms with Gasteiger partial charge in [-0.15, -0.1) is 11.3 Å². The van der Waals surface area contributed by atoms with Gasteiger partial charge < -0.3 is 5.32 Å². The van der Waals surface area contributed by atoms with Gasteiger partial charge in [-0.2, -0.15) is 0 Å². The molecule has 0 aliphatic heterocycles. The molecule has 170 valence electrons. The Balaban J connectivity index is 1.50. The summed E-state index contributed by atoms with van der Waals surface area (Å²) in [6, 6.07) is 18.2. The summed E-state index contributed by atoms with van der Waals surface area (Å²) in [6.07, 6.45) is 1.78. The number of aromatic nitrogens is 2. The molecule has 2 heterocycles. The molecule has 0 fully saturated rings. The van der Waals surface area contributed by atoms with E-state index in [0.29, 0.717) is 15.4 Å². The first-order chi connectivity index (χ1) is 15.9. The Morgan fingerprint density at radius 3 is 2.73 bits per heavy atom. The molecule has 4 aromatic rings. The fourth-order valence-corrected chi connectivity index (χ4v) is 5.28. The van der Waals surface area contributed by atoms with Crippen molar-refractivity contribution in [1.82, 2.24) is 14.9 Å². The number of nitrogens with one attached hydrogen (secondary N) is 1. The number of carbonyl (C=O) groups is 1. The third-order valence-electron chi connectivity index (χ3n) is 5.50. The van der Waals surface area contributed by atoms with Crippen molar-refractivity contribution in [3.8, 4) is 5.69 Å². The van der Waals surface area contributed by atoms with Crippen LogP contribution >= 0.6 is 23.1 Å². The van der Waals surface area contributed by atoms with E-state index in [-0.39, 0.29) is 23.3 Å². The largest absolute Gasteiger partial charge is 0.353 e. The van der Waals surface area contributed by atoms with E-state index in [9.17, 15) is 9.59 Å². The summed E-state index contributed by atoms with van der Waals surface area (Å²) in [5, 5.41) is 5.49. The van der Waals surface area contributed by atoms with Crippen LogP contribution in [0.1, 0.15) is 30.0 Å². The average molecular weight is 478 g/mol. The molecule has 1 atom stereocenters. The number of hydrogen-bond acceptors (Lipinski definition) is 5. The van der Waals surface area contributed by atoms with Gasteiger partial charge in [0.2, 0.25) is 5.91 Å². The Morgan fingerprint density at radius 2 is 1.94 bits per heavy atom. The zero-order valence-corrected chi connectivity index (χ0v) is 20.6. The van der Waals surface area contributed by atoms with Crippen LogP contribution in [0.5, 0.6) is 0 Å². The minimum absolute atomic E-state index is 0.0619. The predicted octanol–water partition coefficient (Wildman–Crippen LogP) is 5.29. The van der Waals surface area contributed by atoms with Crippen molar-refractivity contribution >= 4 is 39.2 Å². The topological polar surface area (TPSA) is 64.0 Å². The van der Waals surface area contributed by atoms with E-state index >= 15 is 0 Å². The van der Waals surface area contributed by atoms with Crippen molar-refractivity contribution in [2.45, 2.75) is 44.8 Å². The molecule has 2 aromatic heterocycles. The molecule has 0 unspecified atom stereocenters. The number of amides is 1. The van der Waals surface area contributed by atoms with Crippen LogP contribution in [0, 0.1) is 13.8 Å². The van der Waals surface area contributed by atoms with Crippen molar-refractivity contribution in [3.05, 3.63) is 87.0 Å². The smallest absolute Gasteiger partial charge is 0.276 e. The van der Waals surface area contributed by atoms with Gasteiger partial charge in [0.1, 0.15) is 4.70 Å². The van der Waals surface area contributed by atoms with Crippen LogP contribution in [0.25, 0.3) is 15.9 Å². The van der Waals surface area contributed by atoms with E-state index in [1.54, 1.807) is 4.57 Å². The van der Waals surface area contributed by atoms with Gasteiger partial charge in [-0.05, 0) is 67.8 Å². The number of fused-ring (bicyclic) bond motifs is 1. The lowest BCUT2D eigenvalue weighted by molar-refractivity contribution is -0.119. The fraction of sp³-hybridized carbons (Fsp3) is 0.269. The summed E-state index contributed by atoms with van der Waals surface area (Å²) in [5.41, 5.74) is 4.70. The first-order valence-corrected chi connectivity index (χ1v) is 12.8. The van der Waals surface area contributed by atoms with Crippen LogP contribution in [-0.2, 0) is 11.2 Å². The van der Waals surface area contributed by atoms with Crippen LogP contribution in [0.2, 0.25) is 0 Å². The molecule has 7 heteroatoms. The third kappa shape index (κ3) is 5.54. The molecule has 0 spiro atoms. The molecule has 0 saturated heterocycles. The lowest BCUT2D eigenvalue weighted by atomic mass is 10.1. The monoisotopic (exact) mass is 477 g/mol. The van der Waals surface area contributed by atoms with Gasteiger partial charge in [-0.3, -0.25) is 14.2 Å². The maximum absolute atomic E-state index is 13.3. The van der Waals surface area contributed by atoms with Crippen molar-refractivity contribution in [3.63, 3.8) is 0 Å². The van der Waals surface area contributed by atoms with Gasteiger partial charge in [0, 0.05) is 6.04 Å². The third-order valence-corrected chi connectivity index (χ3v) is 7.33. The molecular formula is C26H27N3O2S2. The molecule has 4 rings (SSSR count). The first-order valence-electron chi connectivity index (χ1n) is 11.0. The van der Waals surface area contributed by atoms with E-state index in [1.165, 1.54) is 28.7 Å². The van der Waals surface area contributed by atoms with E-state index in [2.05, 4.69) is 17.4 Å². The maximum Gasteiger partial charge on any atom is 0.276 e. The summed E-state index contributed by atoms with van der Waals surface area (Å²) < 4.78 is 2.28. The minimum atomic E-state index is -0.0946. The van der Waals surface area contributed by atoms with Crippen LogP contribution < -0.4 is 10.9 Å². The van der Waals surface area contributed by atoms with Crippen molar-refractivity contribution in [2.75, 3.05) is 5.75 Å². The van der Waals surface area contributed by atoms with E-state index in [4.69, 9.17) is 4.98 Å². The lowest BCUT2D eigenvalue weighted by Gasteiger charge is -2.16. The number of nitrogens with zero attached hydrogens (tertiary/aromatic N) is 2. The number of rotatable bonds is 8. The molecule has 33 heavy (non-hydrogen) atoms. The first kappa shape index (κ1) is 23.3. The highest BCUT2D eigenvalue weighted by atomic mass is 32.2. The van der Waals surface area contributed by atoms with Gasteiger partial charge >= 0.3 is 0 Å². The highest BCUT2D eigenvalue weighted by Crippen LogP contribution is 2.25. The Morgan fingerprint density at radius 1 is 1.15 bits per heavy atom. The maximum atomic E-state index is 13.3. The highest BCUT2D eigenvalue weighted by Gasteiger charge is 2.17. The fourth-order valence-electron chi connectivity index (χ4n) is 3.71. The van der Waals surface area contributed by atoms with Crippen LogP contribution in [-0.4, -0.2) is 27.3 Å². The summed E-state index contributed by atoms with van der Waals surface area (Å²) in [6.45, 7) is 6.00. The summed E-state index contributed by atoms with van der Waals surface area (Å²) in [5.74, 6) is 0.135. The standard InChI is InChI=1S/C26H27N3O2S2/c1-17-9-10-18(2)22(15-17)29-25(31)24-21(13-14-32-24)28-26(29)33-16-23(30)27-19(3)11-12-20-7-5-4-6-8-20/h4-10,13-15,19H,11-12,16H2,1-3H3,(H,27,30)/t19-/m1/s1. The molecule has 5 nitrogen and oxygen atoms in total. The SMILES string of the molecule is Cc1ccc(C)c(-n2c(SCC(=O)N[C@H](C)CCc3ccccc3)nc3ccsc3c2=O)c1. The molecule has 0 aliphatic rings. The summed E-state index contributed by atoms with van der Waals surface area (Å²) >= 11 is 2.69. The van der Waals surface area contributed by atoms with Gasteiger partial charge in [0.25, 0.3) is 5.56 Å². The molecule has 1 N–H and O–H groups in total. The second-order valence-corrected chi connectivity index (χ2v) is 10.1. The van der Waals surface area contributed by atoms with Gasteiger partial charge in [0.15, 0.2) is 5.16 Å². The number of thioether (sulfide) groups is 1. The van der Waals surface area contributed by atoms with Crippen LogP contribution in [0.3, 0.4) is 0 Å². The number of hydrogen-bond donors (Lipinski definition) is 1. The second kappa shape index (κ2) is 10.4. The van der Waals surface area contributed by atoms with Crippen molar-refractivity contribution in [1.29, 1.82) is 0 Å². The predicted molar refractivity (Wildman–Crippen MR) is 138 cm³/mol. The Labute approximate surface area is 201 Å². The van der Waals surface area contributed by atoms with Gasteiger partial charge in [-0.1, -0.05) is 54.2 Å². The summed E-state index contributed by atoms with van der Waals surface area (Å²) in [7, 11) is 0. The molecule has 0 saturated carbocycles. The highest BCUT2D eigenvalue weighted by molar-refractivity contribution is 7.99. The number of thiophene rings is 1. The van der Waals surface area contributed by atoms with Crippen molar-refractivity contribution < 1.29 is 4.79 Å². The Kier molecular flexibility index (Phi) is 7.30. The van der Waals surface area contributed by atoms with Crippen LogP contribution in [0.15, 0.2) is 69.9 Å². The zero-order valence-electron chi connectivity index (χ0n) is 19.0. The Bertz CT molecular complexity index is 1330. The van der Waals surface area contributed by atoms with E-state index in [0.717, 1.165) is 29.7 Å². The molecule has 0 bridgehead atoms. The lowest BCUT2D eigenvalue weighted by Crippen LogP contribution is -2.34. The van der Waals surface area contributed by atoms with E-state index < -0.39 is 0 Å². The normalized spacial score (nSPS) is 12.1. The molecule has 2 aromatic carbocycles. The minimum Gasteiger partial charge on any atom is -0.353 e. The summed E-state index contributed by atoms with van der Waals surface area (Å²) in [4.78, 5) is 30.7. The Hall–Kier alpha value is -2.90. The number of benzene rings is 2. The number of carbonyl (C=O) groups excluding carboxylic acids is 1. The molecule has 0 radical (unpaired) electrons. The molecular weight excluding hydrogens is 450 g/mol. The van der Waals surface area contributed by atoms with Gasteiger partial charge in [0.05, 0.1) is 17.0 Å². The van der Waals surface area contributed by atoms with Crippen LogP contribution in [0.4, 0.5) is 0 Å².